The predicted octanol–water partition coefficient (Wildman–Crippen LogP) is 3.73. The number of hydrogen-bond donors (Lipinski definition) is 0. The normalized spacial score (nSPS) is 31.8. The lowest BCUT2D eigenvalue weighted by Crippen LogP contribution is -2.68. The molecule has 1 saturated carbocycles. The van der Waals surface area contributed by atoms with Crippen molar-refractivity contribution in [3.8, 4) is 0 Å². The second-order valence-corrected chi connectivity index (χ2v) is 14.6. The highest BCUT2D eigenvalue weighted by Gasteiger charge is 2.75. The summed E-state index contributed by atoms with van der Waals surface area (Å²) in [5.74, 6) is -10.6. The van der Waals surface area contributed by atoms with E-state index in [0.717, 1.165) is 14.7 Å². The molecule has 0 radical (unpaired) electrons. The Bertz CT molecular complexity index is 2240. The average molecular weight is 727 g/mol. The maximum atomic E-state index is 15.1. The zero-order valence-corrected chi connectivity index (χ0v) is 29.3. The number of para-hydroxylation sites is 2. The molecule has 3 saturated heterocycles. The van der Waals surface area contributed by atoms with Gasteiger partial charge in [0.05, 0.1) is 42.2 Å². The summed E-state index contributed by atoms with van der Waals surface area (Å²) in [6.07, 6.45) is -1.13. The van der Waals surface area contributed by atoms with E-state index in [1.165, 1.54) is 7.11 Å². The summed E-state index contributed by atoms with van der Waals surface area (Å²) >= 11 is 0. The first-order chi connectivity index (χ1) is 26.1. The number of hydrogen-bond acceptors (Lipinski definition) is 10. The van der Waals surface area contributed by atoms with Crippen molar-refractivity contribution in [2.24, 2.45) is 46.4 Å². The lowest BCUT2D eigenvalue weighted by atomic mass is 9.49. The number of aliphatic imine (C=N–C) groups is 1. The Morgan fingerprint density at radius 1 is 0.759 bits per heavy atom. The Balaban J connectivity index is 1.31. The second-order valence-electron chi connectivity index (χ2n) is 14.6. The molecule has 272 valence electrons. The molecule has 4 fully saturated rings. The van der Waals surface area contributed by atoms with Crippen LogP contribution in [0.5, 0.6) is 0 Å². The molecule has 0 aromatic heterocycles. The highest BCUT2D eigenvalue weighted by atomic mass is 16.6. The molecule has 13 heteroatoms. The fourth-order valence-electron chi connectivity index (χ4n) is 10.2. The van der Waals surface area contributed by atoms with Crippen LogP contribution in [0.25, 0.3) is 0 Å². The van der Waals surface area contributed by atoms with E-state index in [4.69, 9.17) is 9.47 Å². The van der Waals surface area contributed by atoms with Crippen molar-refractivity contribution in [2.45, 2.75) is 25.3 Å². The van der Waals surface area contributed by atoms with Gasteiger partial charge in [-0.2, -0.15) is 0 Å². The van der Waals surface area contributed by atoms with Gasteiger partial charge in [0, 0.05) is 17.9 Å². The van der Waals surface area contributed by atoms with E-state index < -0.39 is 95.1 Å². The van der Waals surface area contributed by atoms with E-state index in [2.05, 4.69) is 4.99 Å². The van der Waals surface area contributed by atoms with Crippen LogP contribution < -0.4 is 9.80 Å². The van der Waals surface area contributed by atoms with Crippen LogP contribution in [0.1, 0.15) is 18.9 Å². The molecule has 6 aliphatic rings. The van der Waals surface area contributed by atoms with Gasteiger partial charge < -0.3 is 9.47 Å². The number of rotatable bonds is 6. The van der Waals surface area contributed by atoms with Gasteiger partial charge in [-0.25, -0.2) is 14.7 Å². The monoisotopic (exact) mass is 726 g/mol. The minimum Gasteiger partial charge on any atom is -0.468 e. The van der Waals surface area contributed by atoms with Crippen LogP contribution in [0.15, 0.2) is 107 Å². The first-order valence-electron chi connectivity index (χ1n) is 17.9. The van der Waals surface area contributed by atoms with Gasteiger partial charge in [-0.15, -0.1) is 0 Å². The Labute approximate surface area is 309 Å². The molecular weight excluding hydrogens is 692 g/mol. The maximum Gasteiger partial charge on any atom is 0.424 e. The number of amides is 6. The molecule has 54 heavy (non-hydrogen) atoms. The van der Waals surface area contributed by atoms with Gasteiger partial charge in [0.25, 0.3) is 5.91 Å². The largest absolute Gasteiger partial charge is 0.468 e. The molecule has 4 heterocycles. The number of anilines is 2. The van der Waals surface area contributed by atoms with Crippen LogP contribution in [-0.4, -0.2) is 71.6 Å². The van der Waals surface area contributed by atoms with Gasteiger partial charge >= 0.3 is 12.1 Å². The molecule has 0 bridgehead atoms. The lowest BCUT2D eigenvalue weighted by molar-refractivity contribution is -0.139. The molecular formula is C41H34N4O9. The number of carbonyl (C=O) groups is 7. The number of fused-ring (bicyclic) bond motifs is 6. The summed E-state index contributed by atoms with van der Waals surface area (Å²) in [4.78, 5) is 108. The molecule has 1 unspecified atom stereocenters. The van der Waals surface area contributed by atoms with Crippen molar-refractivity contribution >= 4 is 58.9 Å². The quantitative estimate of drug-likeness (QED) is 0.273. The number of esters is 1. The molecule has 0 N–H and O–H groups in total. The number of imide groups is 3. The van der Waals surface area contributed by atoms with Crippen LogP contribution >= 0.6 is 0 Å². The van der Waals surface area contributed by atoms with E-state index in [-0.39, 0.29) is 24.3 Å². The third-order valence-corrected chi connectivity index (χ3v) is 12.2. The third-order valence-electron chi connectivity index (χ3n) is 12.2. The van der Waals surface area contributed by atoms with E-state index in [1.807, 2.05) is 6.07 Å². The lowest BCUT2D eigenvalue weighted by Gasteiger charge is -2.56. The predicted molar refractivity (Wildman–Crippen MR) is 190 cm³/mol. The van der Waals surface area contributed by atoms with Crippen LogP contribution in [0, 0.1) is 41.4 Å². The zero-order valence-electron chi connectivity index (χ0n) is 29.3. The van der Waals surface area contributed by atoms with Crippen molar-refractivity contribution in [2.75, 3.05) is 23.5 Å². The number of cyclic esters (lactones) is 1. The fraction of sp³-hybridized carbons (Fsp3) is 0.317. The summed E-state index contributed by atoms with van der Waals surface area (Å²) < 4.78 is 10.7. The smallest absolute Gasteiger partial charge is 0.424 e. The van der Waals surface area contributed by atoms with Crippen molar-refractivity contribution < 1.29 is 43.0 Å². The van der Waals surface area contributed by atoms with E-state index >= 15 is 4.79 Å². The van der Waals surface area contributed by atoms with E-state index in [1.54, 1.807) is 91.9 Å². The van der Waals surface area contributed by atoms with Gasteiger partial charge in [0.2, 0.25) is 29.5 Å². The topological polar surface area (TPSA) is 160 Å². The van der Waals surface area contributed by atoms with Crippen molar-refractivity contribution in [1.82, 2.24) is 4.90 Å². The van der Waals surface area contributed by atoms with Crippen molar-refractivity contribution in [3.05, 3.63) is 108 Å². The van der Waals surface area contributed by atoms with Crippen molar-refractivity contribution in [3.63, 3.8) is 0 Å². The van der Waals surface area contributed by atoms with Gasteiger partial charge in [-0.1, -0.05) is 79.2 Å². The van der Waals surface area contributed by atoms with Crippen molar-refractivity contribution in [1.29, 1.82) is 0 Å². The molecule has 0 spiro atoms. The third kappa shape index (κ3) is 4.44. The van der Waals surface area contributed by atoms with Crippen LogP contribution in [0.3, 0.4) is 0 Å². The minimum absolute atomic E-state index is 0.0155. The summed E-state index contributed by atoms with van der Waals surface area (Å²) in [6, 6.07) is 26.0. The first kappa shape index (κ1) is 33.6. The Kier molecular flexibility index (Phi) is 7.56. The standard InChI is InChI=1S/C41H34N4O9/c1-21-28-30-25(31-29(21)35(48)44(36(31)49)24-16-10-5-11-17-24)18-26-32(37(50)43(34(26)47)23-14-8-4-9-15-23)33(30)41(19-22-12-6-3-7-13-22)39(42-20-27(46)53-2)54-40(52)45(41)38(28)51/h3-17,21,25-26,29,31-33H,18-20H2,1-2H3/t21-,25?,26+,29-,31+,32+,33-,41-/m0/s1. The van der Waals surface area contributed by atoms with Gasteiger partial charge in [0.1, 0.15) is 12.1 Å². The molecule has 6 amide bonds. The SMILES string of the molecule is COC(=O)CN=C1OC(=O)N2C(=O)C3=C4C(C[C@H]5C(=O)N(c6ccccc6)C(=O)[C@H]5[C@H]4[C@@]12Cc1ccccc1)[C@H]1C(=O)N(c2ccccc2)C(=O)[C@H]1[C@H]3C. The highest BCUT2D eigenvalue weighted by molar-refractivity contribution is 6.26. The number of methoxy groups -OCH3 is 1. The van der Waals surface area contributed by atoms with E-state index in [9.17, 15) is 28.8 Å². The van der Waals surface area contributed by atoms with Crippen LogP contribution in [-0.2, 0) is 44.7 Å². The molecule has 4 aliphatic heterocycles. The number of nitrogens with zero attached hydrogens (tertiary/aromatic N) is 4. The maximum absolute atomic E-state index is 15.1. The first-order valence-corrected chi connectivity index (χ1v) is 17.9. The number of carbonyl (C=O) groups excluding carboxylic acids is 7. The summed E-state index contributed by atoms with van der Waals surface area (Å²) in [5, 5.41) is 0. The number of benzene rings is 3. The van der Waals surface area contributed by atoms with E-state index in [0.29, 0.717) is 22.5 Å². The number of ether oxygens (including phenoxy) is 2. The molecule has 2 aliphatic carbocycles. The molecule has 3 aromatic rings. The Hall–Kier alpha value is -6.24. The molecule has 9 rings (SSSR count). The highest BCUT2D eigenvalue weighted by Crippen LogP contribution is 2.64. The minimum atomic E-state index is -1.83. The van der Waals surface area contributed by atoms with Gasteiger partial charge in [-0.3, -0.25) is 38.6 Å². The van der Waals surface area contributed by atoms with Crippen LogP contribution in [0.2, 0.25) is 0 Å². The summed E-state index contributed by atoms with van der Waals surface area (Å²) in [6.45, 7) is 1.14. The molecule has 8 atom stereocenters. The average Bonchev–Trinajstić information content (AvgIpc) is 3.72. The summed E-state index contributed by atoms with van der Waals surface area (Å²) in [7, 11) is 1.19. The van der Waals surface area contributed by atoms with Gasteiger partial charge in [-0.05, 0) is 48.1 Å². The second kappa shape index (κ2) is 12.2. The zero-order chi connectivity index (χ0) is 37.6. The van der Waals surface area contributed by atoms with Gasteiger partial charge in [0.15, 0.2) is 0 Å². The summed E-state index contributed by atoms with van der Waals surface area (Å²) in [5.41, 5.74) is 0.180. The Morgan fingerprint density at radius 2 is 1.31 bits per heavy atom. The Morgan fingerprint density at radius 3 is 1.93 bits per heavy atom. The molecule has 3 aromatic carbocycles. The molecule has 13 nitrogen and oxygen atoms in total. The fourth-order valence-corrected chi connectivity index (χ4v) is 10.2. The van der Waals surface area contributed by atoms with Crippen LogP contribution in [0.4, 0.5) is 16.2 Å².